The van der Waals surface area contributed by atoms with Gasteiger partial charge in [0.2, 0.25) is 0 Å². The number of halogens is 1. The molecule has 0 aliphatic rings. The topological polar surface area (TPSA) is 54.3 Å². The molecular formula is C19H24ClN5OS. The van der Waals surface area contributed by atoms with Gasteiger partial charge in [-0.25, -0.2) is 4.98 Å². The lowest BCUT2D eigenvalue weighted by molar-refractivity contribution is 0.0980. The highest BCUT2D eigenvalue weighted by molar-refractivity contribution is 7.23. The van der Waals surface area contributed by atoms with E-state index in [0.29, 0.717) is 22.4 Å². The number of aromatic nitrogens is 3. The van der Waals surface area contributed by atoms with E-state index < -0.39 is 0 Å². The molecule has 2 heterocycles. The number of hydrogen-bond donors (Lipinski definition) is 0. The lowest BCUT2D eigenvalue weighted by atomic mass is 10.2. The summed E-state index contributed by atoms with van der Waals surface area (Å²) in [6, 6.07) is 5.59. The first kappa shape index (κ1) is 19.8. The van der Waals surface area contributed by atoms with Gasteiger partial charge in [0.1, 0.15) is 0 Å². The molecule has 1 amide bonds. The number of hydrogen-bond acceptors (Lipinski definition) is 5. The van der Waals surface area contributed by atoms with Crippen molar-refractivity contribution in [1.82, 2.24) is 19.7 Å². The number of amides is 1. The number of carbonyl (C=O) groups excluding carboxylic acids is 1. The minimum Gasteiger partial charge on any atom is -0.309 e. The normalized spacial score (nSPS) is 11.5. The van der Waals surface area contributed by atoms with E-state index in [1.807, 2.05) is 46.3 Å². The maximum Gasteiger partial charge on any atom is 0.280 e. The van der Waals surface area contributed by atoms with Gasteiger partial charge in [-0.15, -0.1) is 0 Å². The van der Waals surface area contributed by atoms with Crippen LogP contribution in [0.25, 0.3) is 10.2 Å². The van der Waals surface area contributed by atoms with Crippen LogP contribution in [0.15, 0.2) is 24.4 Å². The van der Waals surface area contributed by atoms with Crippen molar-refractivity contribution in [2.24, 2.45) is 0 Å². The SMILES string of the molecule is CCn1ccc(C(=O)N(CCCN(C)C)c2nc3c(C)ccc(Cl)c3s2)n1. The molecule has 0 saturated carbocycles. The van der Waals surface area contributed by atoms with Gasteiger partial charge < -0.3 is 4.90 Å². The summed E-state index contributed by atoms with van der Waals surface area (Å²) in [7, 11) is 4.05. The van der Waals surface area contributed by atoms with E-state index in [1.165, 1.54) is 11.3 Å². The first-order valence-electron chi connectivity index (χ1n) is 8.96. The van der Waals surface area contributed by atoms with Crippen LogP contribution in [0.4, 0.5) is 5.13 Å². The van der Waals surface area contributed by atoms with E-state index in [4.69, 9.17) is 16.6 Å². The molecule has 1 aromatic carbocycles. The summed E-state index contributed by atoms with van der Waals surface area (Å²) in [5, 5.41) is 5.70. The van der Waals surface area contributed by atoms with Crippen molar-refractivity contribution in [3.8, 4) is 0 Å². The Morgan fingerprint density at radius 1 is 1.26 bits per heavy atom. The van der Waals surface area contributed by atoms with Crippen LogP contribution in [0.5, 0.6) is 0 Å². The summed E-state index contributed by atoms with van der Waals surface area (Å²) in [5.74, 6) is -0.131. The molecule has 3 aromatic rings. The first-order valence-corrected chi connectivity index (χ1v) is 10.2. The molecule has 0 N–H and O–H groups in total. The number of benzene rings is 1. The zero-order valence-electron chi connectivity index (χ0n) is 16.1. The van der Waals surface area contributed by atoms with Gasteiger partial charge in [0.15, 0.2) is 10.8 Å². The number of carbonyl (C=O) groups is 1. The average Bonchev–Trinajstić information content (AvgIpc) is 3.29. The number of fused-ring (bicyclic) bond motifs is 1. The Labute approximate surface area is 168 Å². The van der Waals surface area contributed by atoms with Crippen LogP contribution in [0.2, 0.25) is 5.02 Å². The monoisotopic (exact) mass is 405 g/mol. The fourth-order valence-corrected chi connectivity index (χ4v) is 4.17. The Bertz CT molecular complexity index is 910. The third-order valence-corrected chi connectivity index (χ3v) is 5.87. The third kappa shape index (κ3) is 4.31. The average molecular weight is 406 g/mol. The quantitative estimate of drug-likeness (QED) is 0.594. The highest BCUT2D eigenvalue weighted by Gasteiger charge is 2.24. The van der Waals surface area contributed by atoms with Gasteiger partial charge in [0.05, 0.1) is 15.2 Å². The maximum absolute atomic E-state index is 13.2. The van der Waals surface area contributed by atoms with E-state index in [9.17, 15) is 4.79 Å². The molecule has 0 saturated heterocycles. The minimum atomic E-state index is -0.131. The molecule has 0 aliphatic heterocycles. The van der Waals surface area contributed by atoms with Crippen molar-refractivity contribution < 1.29 is 4.79 Å². The van der Waals surface area contributed by atoms with E-state index >= 15 is 0 Å². The summed E-state index contributed by atoms with van der Waals surface area (Å²) in [4.78, 5) is 21.7. The van der Waals surface area contributed by atoms with Gasteiger partial charge in [0.25, 0.3) is 5.91 Å². The van der Waals surface area contributed by atoms with E-state index in [-0.39, 0.29) is 5.91 Å². The van der Waals surface area contributed by atoms with Crippen LogP contribution in [0.3, 0.4) is 0 Å². The van der Waals surface area contributed by atoms with Gasteiger partial charge in [-0.1, -0.05) is 29.0 Å². The fourth-order valence-electron chi connectivity index (χ4n) is 2.83. The maximum atomic E-state index is 13.2. The van der Waals surface area contributed by atoms with Gasteiger partial charge >= 0.3 is 0 Å². The Morgan fingerprint density at radius 3 is 2.67 bits per heavy atom. The standard InChI is InChI=1S/C19H24ClN5OS/c1-5-24-12-9-15(22-24)18(26)25(11-6-10-23(3)4)19-21-16-13(2)7-8-14(20)17(16)27-19/h7-9,12H,5-6,10-11H2,1-4H3. The summed E-state index contributed by atoms with van der Waals surface area (Å²) in [5.41, 5.74) is 2.34. The summed E-state index contributed by atoms with van der Waals surface area (Å²) in [6.45, 7) is 6.19. The molecule has 3 rings (SSSR count). The number of nitrogens with zero attached hydrogens (tertiary/aromatic N) is 5. The number of aryl methyl sites for hydroxylation is 2. The smallest absolute Gasteiger partial charge is 0.280 e. The second kappa shape index (κ2) is 8.37. The molecule has 0 bridgehead atoms. The number of rotatable bonds is 7. The van der Waals surface area contributed by atoms with Crippen LogP contribution in [-0.4, -0.2) is 52.8 Å². The van der Waals surface area contributed by atoms with Crippen molar-refractivity contribution in [1.29, 1.82) is 0 Å². The van der Waals surface area contributed by atoms with Crippen molar-refractivity contribution in [3.05, 3.63) is 40.7 Å². The van der Waals surface area contributed by atoms with Crippen molar-refractivity contribution >= 4 is 44.2 Å². The summed E-state index contributed by atoms with van der Waals surface area (Å²) < 4.78 is 2.67. The van der Waals surface area contributed by atoms with Crippen LogP contribution in [-0.2, 0) is 6.54 Å². The molecule has 0 fully saturated rings. The predicted molar refractivity (Wildman–Crippen MR) is 112 cm³/mol. The van der Waals surface area contributed by atoms with Crippen LogP contribution < -0.4 is 4.90 Å². The molecule has 8 heteroatoms. The zero-order chi connectivity index (χ0) is 19.6. The number of anilines is 1. The molecule has 0 atom stereocenters. The highest BCUT2D eigenvalue weighted by atomic mass is 35.5. The van der Waals surface area contributed by atoms with E-state index in [0.717, 1.165) is 35.3 Å². The Hall–Kier alpha value is -1.96. The highest BCUT2D eigenvalue weighted by Crippen LogP contribution is 2.36. The molecule has 27 heavy (non-hydrogen) atoms. The van der Waals surface area contributed by atoms with E-state index in [1.54, 1.807) is 15.6 Å². The van der Waals surface area contributed by atoms with Crippen LogP contribution >= 0.6 is 22.9 Å². The summed E-state index contributed by atoms with van der Waals surface area (Å²) >= 11 is 7.81. The number of thiazole rings is 1. The molecule has 144 valence electrons. The van der Waals surface area contributed by atoms with Gasteiger partial charge in [-0.3, -0.25) is 14.4 Å². The molecule has 0 aliphatic carbocycles. The Kier molecular flexibility index (Phi) is 6.14. The minimum absolute atomic E-state index is 0.131. The van der Waals surface area contributed by atoms with Crippen molar-refractivity contribution in [2.75, 3.05) is 32.1 Å². The predicted octanol–water partition coefficient (Wildman–Crippen LogP) is 4.07. The van der Waals surface area contributed by atoms with E-state index in [2.05, 4.69) is 10.00 Å². The van der Waals surface area contributed by atoms with Gasteiger partial charge in [0, 0.05) is 19.3 Å². The molecule has 0 spiro atoms. The molecule has 0 radical (unpaired) electrons. The van der Waals surface area contributed by atoms with Crippen LogP contribution in [0, 0.1) is 6.92 Å². The second-order valence-corrected chi connectivity index (χ2v) is 8.09. The largest absolute Gasteiger partial charge is 0.309 e. The molecule has 2 aromatic heterocycles. The second-order valence-electron chi connectivity index (χ2n) is 6.71. The zero-order valence-corrected chi connectivity index (χ0v) is 17.6. The molecule has 0 unspecified atom stereocenters. The fraction of sp³-hybridized carbons (Fsp3) is 0.421. The lowest BCUT2D eigenvalue weighted by Crippen LogP contribution is -2.33. The third-order valence-electron chi connectivity index (χ3n) is 4.33. The van der Waals surface area contributed by atoms with Gasteiger partial charge in [-0.2, -0.15) is 5.10 Å². The summed E-state index contributed by atoms with van der Waals surface area (Å²) in [6.07, 6.45) is 2.67. The lowest BCUT2D eigenvalue weighted by Gasteiger charge is -2.20. The first-order chi connectivity index (χ1) is 12.9. The van der Waals surface area contributed by atoms with Crippen molar-refractivity contribution in [3.63, 3.8) is 0 Å². The Balaban J connectivity index is 1.97. The Morgan fingerprint density at radius 2 is 2.04 bits per heavy atom. The molecule has 6 nitrogen and oxygen atoms in total. The van der Waals surface area contributed by atoms with Crippen LogP contribution in [0.1, 0.15) is 29.4 Å². The van der Waals surface area contributed by atoms with Gasteiger partial charge in [-0.05, 0) is 58.6 Å². The molecular weight excluding hydrogens is 382 g/mol. The van der Waals surface area contributed by atoms with Crippen molar-refractivity contribution in [2.45, 2.75) is 26.8 Å².